The normalized spacial score (nSPS) is 17.1. The minimum atomic E-state index is -0.850. The van der Waals surface area contributed by atoms with Gasteiger partial charge in [-0.25, -0.2) is 4.79 Å². The molecular weight excluding hydrogens is 270 g/mol. The van der Waals surface area contributed by atoms with Crippen LogP contribution in [0, 0.1) is 5.41 Å². The highest BCUT2D eigenvalue weighted by Crippen LogP contribution is 2.25. The van der Waals surface area contributed by atoms with Gasteiger partial charge in [0, 0.05) is 25.7 Å². The third-order valence-corrected chi connectivity index (χ3v) is 4.87. The highest BCUT2D eigenvalue weighted by atomic mass is 16.4. The molecule has 0 unspecified atom stereocenters. The summed E-state index contributed by atoms with van der Waals surface area (Å²) in [5.74, 6) is -0.834. The van der Waals surface area contributed by atoms with Crippen LogP contribution in [0.25, 0.3) is 0 Å². The molecule has 1 heterocycles. The lowest BCUT2D eigenvalue weighted by Gasteiger charge is -2.36. The van der Waals surface area contributed by atoms with E-state index < -0.39 is 11.4 Å². The molecule has 0 aromatic heterocycles. The number of nitrogens with one attached hydrogen (secondary N) is 1. The highest BCUT2D eigenvalue weighted by Gasteiger charge is 2.35. The maximum absolute atomic E-state index is 12.2. The van der Waals surface area contributed by atoms with E-state index >= 15 is 0 Å². The van der Waals surface area contributed by atoms with Crippen molar-refractivity contribution in [2.75, 3.05) is 33.7 Å². The van der Waals surface area contributed by atoms with Gasteiger partial charge in [0.2, 0.25) is 0 Å². The number of aliphatic carboxylic acids is 1. The van der Waals surface area contributed by atoms with Crippen molar-refractivity contribution in [1.82, 2.24) is 15.1 Å². The van der Waals surface area contributed by atoms with Crippen LogP contribution in [0.5, 0.6) is 0 Å². The molecule has 0 atom stereocenters. The molecule has 0 spiro atoms. The molecule has 1 aliphatic rings. The summed E-state index contributed by atoms with van der Waals surface area (Å²) in [6.07, 6.45) is 2.96. The molecule has 1 aliphatic heterocycles. The molecule has 1 saturated heterocycles. The van der Waals surface area contributed by atoms with Crippen LogP contribution in [0.4, 0.5) is 4.79 Å². The number of hydrogen-bond acceptors (Lipinski definition) is 3. The Labute approximate surface area is 127 Å². The highest BCUT2D eigenvalue weighted by molar-refractivity contribution is 5.78. The predicted octanol–water partition coefficient (Wildman–Crippen LogP) is 1.61. The van der Waals surface area contributed by atoms with Gasteiger partial charge in [0.25, 0.3) is 0 Å². The van der Waals surface area contributed by atoms with E-state index in [2.05, 4.69) is 24.3 Å². The second-order valence-electron chi connectivity index (χ2n) is 6.13. The van der Waals surface area contributed by atoms with Gasteiger partial charge in [-0.05, 0) is 39.8 Å². The van der Waals surface area contributed by atoms with Gasteiger partial charge in [-0.15, -0.1) is 0 Å². The predicted molar refractivity (Wildman–Crippen MR) is 82.3 cm³/mol. The van der Waals surface area contributed by atoms with Crippen LogP contribution in [-0.4, -0.2) is 66.7 Å². The molecule has 1 fully saturated rings. The molecule has 21 heavy (non-hydrogen) atoms. The van der Waals surface area contributed by atoms with Crippen LogP contribution < -0.4 is 5.32 Å². The fourth-order valence-electron chi connectivity index (χ4n) is 2.82. The Morgan fingerprint density at radius 2 is 1.76 bits per heavy atom. The number of carbonyl (C=O) groups excluding carboxylic acids is 1. The van der Waals surface area contributed by atoms with E-state index in [0.717, 1.165) is 25.9 Å². The Balaban J connectivity index is 2.49. The van der Waals surface area contributed by atoms with Crippen molar-refractivity contribution in [3.05, 3.63) is 0 Å². The van der Waals surface area contributed by atoms with Gasteiger partial charge in [0.05, 0.1) is 5.41 Å². The van der Waals surface area contributed by atoms with Gasteiger partial charge in [-0.2, -0.15) is 0 Å². The lowest BCUT2D eigenvalue weighted by atomic mass is 9.82. The summed E-state index contributed by atoms with van der Waals surface area (Å²) in [7, 11) is 4.12. The Kier molecular flexibility index (Phi) is 6.45. The number of amides is 2. The number of carboxylic acid groups (broad SMARTS) is 1. The molecule has 0 radical (unpaired) electrons. The molecule has 1 rings (SSSR count). The SMILES string of the molecule is CCC(CC)(CNC(=O)N1CCC(N(C)C)CC1)C(=O)O. The van der Waals surface area contributed by atoms with Gasteiger partial charge in [0.15, 0.2) is 0 Å². The first-order chi connectivity index (χ1) is 9.86. The summed E-state index contributed by atoms with van der Waals surface area (Å²) in [6, 6.07) is 0.387. The molecule has 0 aromatic rings. The van der Waals surface area contributed by atoms with Gasteiger partial charge in [0.1, 0.15) is 0 Å². The van der Waals surface area contributed by atoms with Crippen molar-refractivity contribution in [2.45, 2.75) is 45.6 Å². The van der Waals surface area contributed by atoms with Crippen molar-refractivity contribution >= 4 is 12.0 Å². The average Bonchev–Trinajstić information content (AvgIpc) is 2.48. The second kappa shape index (κ2) is 7.64. The summed E-state index contributed by atoms with van der Waals surface area (Å²) < 4.78 is 0. The Morgan fingerprint density at radius 1 is 1.24 bits per heavy atom. The maximum Gasteiger partial charge on any atom is 0.317 e. The lowest BCUT2D eigenvalue weighted by Crippen LogP contribution is -2.51. The van der Waals surface area contributed by atoms with Gasteiger partial charge < -0.3 is 20.2 Å². The van der Waals surface area contributed by atoms with E-state index in [4.69, 9.17) is 0 Å². The summed E-state index contributed by atoms with van der Waals surface area (Å²) in [6.45, 7) is 5.36. The standard InChI is InChI=1S/C15H29N3O3/c1-5-15(6-2,13(19)20)11-16-14(21)18-9-7-12(8-10-18)17(3)4/h12H,5-11H2,1-4H3,(H,16,21)(H,19,20). The molecule has 2 amide bonds. The molecular formula is C15H29N3O3. The van der Waals surface area contributed by atoms with Gasteiger partial charge >= 0.3 is 12.0 Å². The van der Waals surface area contributed by atoms with Crippen LogP contribution in [0.2, 0.25) is 0 Å². The smallest absolute Gasteiger partial charge is 0.317 e. The number of piperidine rings is 1. The van der Waals surface area contributed by atoms with Crippen molar-refractivity contribution in [3.63, 3.8) is 0 Å². The first-order valence-electron chi connectivity index (χ1n) is 7.79. The number of carboxylic acids is 1. The van der Waals surface area contributed by atoms with E-state index in [1.807, 2.05) is 13.8 Å². The summed E-state index contributed by atoms with van der Waals surface area (Å²) >= 11 is 0. The molecule has 0 aromatic carbocycles. The molecule has 6 nitrogen and oxygen atoms in total. The summed E-state index contributed by atoms with van der Waals surface area (Å²) in [5, 5.41) is 12.2. The zero-order valence-corrected chi connectivity index (χ0v) is 13.7. The molecule has 0 saturated carbocycles. The van der Waals surface area contributed by atoms with Crippen molar-refractivity contribution in [2.24, 2.45) is 5.41 Å². The largest absolute Gasteiger partial charge is 0.481 e. The van der Waals surface area contributed by atoms with Crippen LogP contribution in [0.15, 0.2) is 0 Å². The van der Waals surface area contributed by atoms with E-state index in [9.17, 15) is 14.7 Å². The van der Waals surface area contributed by atoms with E-state index in [-0.39, 0.29) is 12.6 Å². The zero-order valence-electron chi connectivity index (χ0n) is 13.7. The first kappa shape index (κ1) is 17.8. The Hall–Kier alpha value is -1.30. The molecule has 2 N–H and O–H groups in total. The van der Waals surface area contributed by atoms with Crippen LogP contribution in [0.1, 0.15) is 39.5 Å². The van der Waals surface area contributed by atoms with Gasteiger partial charge in [-0.1, -0.05) is 13.8 Å². The third-order valence-electron chi connectivity index (χ3n) is 4.87. The third kappa shape index (κ3) is 4.33. The quantitative estimate of drug-likeness (QED) is 0.781. The van der Waals surface area contributed by atoms with Crippen LogP contribution >= 0.6 is 0 Å². The zero-order chi connectivity index (χ0) is 16.0. The van der Waals surface area contributed by atoms with E-state index in [0.29, 0.717) is 18.9 Å². The minimum Gasteiger partial charge on any atom is -0.481 e. The van der Waals surface area contributed by atoms with Gasteiger partial charge in [-0.3, -0.25) is 4.79 Å². The number of urea groups is 1. The number of hydrogen-bond donors (Lipinski definition) is 2. The summed E-state index contributed by atoms with van der Waals surface area (Å²) in [4.78, 5) is 27.6. The van der Waals surface area contributed by atoms with Crippen molar-refractivity contribution < 1.29 is 14.7 Å². The fourth-order valence-corrected chi connectivity index (χ4v) is 2.82. The Bertz CT molecular complexity index is 359. The average molecular weight is 299 g/mol. The first-order valence-corrected chi connectivity index (χ1v) is 7.79. The number of carbonyl (C=O) groups is 2. The summed E-state index contributed by atoms with van der Waals surface area (Å²) in [5.41, 5.74) is -0.850. The van der Waals surface area contributed by atoms with E-state index in [1.165, 1.54) is 0 Å². The number of likely N-dealkylation sites (tertiary alicyclic amines) is 1. The molecule has 122 valence electrons. The molecule has 0 aliphatic carbocycles. The molecule has 0 bridgehead atoms. The lowest BCUT2D eigenvalue weighted by molar-refractivity contribution is -0.149. The van der Waals surface area contributed by atoms with Crippen molar-refractivity contribution in [3.8, 4) is 0 Å². The fraction of sp³-hybridized carbons (Fsp3) is 0.867. The number of rotatable bonds is 6. The Morgan fingerprint density at radius 3 is 2.14 bits per heavy atom. The van der Waals surface area contributed by atoms with Crippen LogP contribution in [-0.2, 0) is 4.79 Å². The minimum absolute atomic E-state index is 0.139. The monoisotopic (exact) mass is 299 g/mol. The van der Waals surface area contributed by atoms with E-state index in [1.54, 1.807) is 4.90 Å². The number of nitrogens with zero attached hydrogens (tertiary/aromatic N) is 2. The maximum atomic E-state index is 12.2. The topological polar surface area (TPSA) is 72.9 Å². The molecule has 6 heteroatoms. The second-order valence-corrected chi connectivity index (χ2v) is 6.13. The van der Waals surface area contributed by atoms with Crippen molar-refractivity contribution in [1.29, 1.82) is 0 Å². The van der Waals surface area contributed by atoms with Crippen LogP contribution in [0.3, 0.4) is 0 Å².